The maximum atomic E-state index is 11.3. The molecule has 94 valence electrons. The van der Waals surface area contributed by atoms with Gasteiger partial charge < -0.3 is 10.1 Å². The van der Waals surface area contributed by atoms with E-state index in [1.807, 2.05) is 0 Å². The molecule has 1 rings (SSSR count). The van der Waals surface area contributed by atoms with Crippen LogP contribution in [0.2, 0.25) is 0 Å². The molecule has 0 saturated heterocycles. The zero-order chi connectivity index (χ0) is 13.4. The summed E-state index contributed by atoms with van der Waals surface area (Å²) in [5.74, 6) is 5.18. The van der Waals surface area contributed by atoms with Crippen LogP contribution in [0.25, 0.3) is 0 Å². The lowest BCUT2D eigenvalue weighted by atomic mass is 10.2. The third-order valence-electron chi connectivity index (χ3n) is 2.02. The number of hydrogen-bond donors (Lipinski definition) is 1. The standard InChI is InChI=1S/C13H14N2O3/c1-10(16)14-7-4-3-5-12-9-11(6-8-15-12)13(17)18-2/h6,8-9H,4,7H2,1-2H3,(H,14,16). The zero-order valence-electron chi connectivity index (χ0n) is 10.3. The number of carbonyl (C=O) groups excluding carboxylic acids is 2. The van der Waals surface area contributed by atoms with Crippen molar-refractivity contribution in [3.63, 3.8) is 0 Å². The molecule has 1 N–H and O–H groups in total. The van der Waals surface area contributed by atoms with Crippen LogP contribution in [-0.4, -0.2) is 30.5 Å². The highest BCUT2D eigenvalue weighted by molar-refractivity contribution is 5.89. The lowest BCUT2D eigenvalue weighted by Gasteiger charge is -1.98. The molecule has 5 nitrogen and oxygen atoms in total. The summed E-state index contributed by atoms with van der Waals surface area (Å²) in [7, 11) is 1.32. The van der Waals surface area contributed by atoms with Crippen molar-refractivity contribution in [1.29, 1.82) is 0 Å². The van der Waals surface area contributed by atoms with Gasteiger partial charge >= 0.3 is 5.97 Å². The van der Waals surface area contributed by atoms with Crippen LogP contribution in [-0.2, 0) is 9.53 Å². The number of amides is 1. The Kier molecular flexibility index (Phi) is 5.39. The third-order valence-corrected chi connectivity index (χ3v) is 2.02. The van der Waals surface area contributed by atoms with Crippen LogP contribution >= 0.6 is 0 Å². The van der Waals surface area contributed by atoms with Gasteiger partial charge in [0, 0.05) is 26.1 Å². The average Bonchev–Trinajstić information content (AvgIpc) is 2.37. The first kappa shape index (κ1) is 13.7. The van der Waals surface area contributed by atoms with Crippen molar-refractivity contribution in [2.24, 2.45) is 0 Å². The molecule has 1 heterocycles. The molecule has 0 spiro atoms. The van der Waals surface area contributed by atoms with Crippen LogP contribution in [0.3, 0.4) is 0 Å². The maximum absolute atomic E-state index is 11.3. The van der Waals surface area contributed by atoms with Crippen molar-refractivity contribution in [3.05, 3.63) is 29.6 Å². The van der Waals surface area contributed by atoms with E-state index in [4.69, 9.17) is 0 Å². The first-order valence-electron chi connectivity index (χ1n) is 5.41. The first-order chi connectivity index (χ1) is 8.63. The number of hydrogen-bond acceptors (Lipinski definition) is 4. The van der Waals surface area contributed by atoms with Crippen LogP contribution in [0.1, 0.15) is 29.4 Å². The monoisotopic (exact) mass is 246 g/mol. The number of aromatic nitrogens is 1. The smallest absolute Gasteiger partial charge is 0.338 e. The molecule has 0 aliphatic heterocycles. The molecule has 0 bridgehead atoms. The van der Waals surface area contributed by atoms with Gasteiger partial charge in [-0.2, -0.15) is 0 Å². The van der Waals surface area contributed by atoms with E-state index in [1.165, 1.54) is 20.2 Å². The summed E-state index contributed by atoms with van der Waals surface area (Å²) < 4.78 is 4.60. The van der Waals surface area contributed by atoms with Crippen LogP contribution in [0.15, 0.2) is 18.3 Å². The van der Waals surface area contributed by atoms with Crippen molar-refractivity contribution >= 4 is 11.9 Å². The minimum absolute atomic E-state index is 0.0809. The summed E-state index contributed by atoms with van der Waals surface area (Å²) in [5, 5.41) is 2.63. The fourth-order valence-electron chi connectivity index (χ4n) is 1.20. The van der Waals surface area contributed by atoms with E-state index in [1.54, 1.807) is 12.1 Å². The van der Waals surface area contributed by atoms with Gasteiger partial charge in [0.1, 0.15) is 5.69 Å². The number of pyridine rings is 1. The Morgan fingerprint density at radius 2 is 2.28 bits per heavy atom. The summed E-state index contributed by atoms with van der Waals surface area (Å²) in [6.07, 6.45) is 2.04. The Labute approximate surface area is 106 Å². The molecule has 0 atom stereocenters. The molecule has 18 heavy (non-hydrogen) atoms. The van der Waals surface area contributed by atoms with Crippen molar-refractivity contribution in [1.82, 2.24) is 10.3 Å². The van der Waals surface area contributed by atoms with Crippen molar-refractivity contribution in [3.8, 4) is 11.8 Å². The molecule has 5 heteroatoms. The number of methoxy groups -OCH3 is 1. The molecule has 0 aliphatic rings. The average molecular weight is 246 g/mol. The van der Waals surface area contributed by atoms with Gasteiger partial charge in [-0.05, 0) is 18.1 Å². The molecule has 0 aromatic carbocycles. The van der Waals surface area contributed by atoms with Gasteiger partial charge in [-0.3, -0.25) is 4.79 Å². The van der Waals surface area contributed by atoms with Crippen molar-refractivity contribution in [2.45, 2.75) is 13.3 Å². The highest BCUT2D eigenvalue weighted by atomic mass is 16.5. The second-order valence-electron chi connectivity index (χ2n) is 3.46. The molecule has 1 amide bonds. The van der Waals surface area contributed by atoms with E-state index >= 15 is 0 Å². The number of rotatable bonds is 3. The van der Waals surface area contributed by atoms with E-state index < -0.39 is 5.97 Å². The van der Waals surface area contributed by atoms with E-state index in [0.29, 0.717) is 24.2 Å². The predicted molar refractivity (Wildman–Crippen MR) is 65.8 cm³/mol. The van der Waals surface area contributed by atoms with Crippen LogP contribution in [0.5, 0.6) is 0 Å². The fourth-order valence-corrected chi connectivity index (χ4v) is 1.20. The molecule has 0 radical (unpaired) electrons. The highest BCUT2D eigenvalue weighted by Gasteiger charge is 2.04. The van der Waals surface area contributed by atoms with Crippen LogP contribution < -0.4 is 5.32 Å². The molecular formula is C13H14N2O3. The van der Waals surface area contributed by atoms with Gasteiger partial charge in [0.15, 0.2) is 0 Å². The Bertz CT molecular complexity index is 500. The first-order valence-corrected chi connectivity index (χ1v) is 5.41. The summed E-state index contributed by atoms with van der Waals surface area (Å²) in [6, 6.07) is 3.13. The number of esters is 1. The third kappa shape index (κ3) is 4.66. The van der Waals surface area contributed by atoms with Crippen molar-refractivity contribution in [2.75, 3.05) is 13.7 Å². The highest BCUT2D eigenvalue weighted by Crippen LogP contribution is 2.02. The number of nitrogens with one attached hydrogen (secondary N) is 1. The number of nitrogens with zero attached hydrogens (tertiary/aromatic N) is 1. The molecule has 0 aliphatic carbocycles. The summed E-state index contributed by atoms with van der Waals surface area (Å²) in [4.78, 5) is 25.9. The Hall–Kier alpha value is -2.35. The maximum Gasteiger partial charge on any atom is 0.338 e. The molecule has 1 aromatic rings. The lowest BCUT2D eigenvalue weighted by molar-refractivity contribution is -0.118. The van der Waals surface area contributed by atoms with Gasteiger partial charge in [-0.25, -0.2) is 9.78 Å². The van der Waals surface area contributed by atoms with Gasteiger partial charge in [-0.1, -0.05) is 5.92 Å². The minimum Gasteiger partial charge on any atom is -0.465 e. The largest absolute Gasteiger partial charge is 0.465 e. The molecule has 0 unspecified atom stereocenters. The number of ether oxygens (including phenoxy) is 1. The molecule has 0 saturated carbocycles. The summed E-state index contributed by atoms with van der Waals surface area (Å²) in [6.45, 7) is 1.95. The Morgan fingerprint density at radius 3 is 2.94 bits per heavy atom. The van der Waals surface area contributed by atoms with Crippen LogP contribution in [0.4, 0.5) is 0 Å². The fraction of sp³-hybridized carbons (Fsp3) is 0.308. The van der Waals surface area contributed by atoms with Gasteiger partial charge in [0.2, 0.25) is 5.91 Å². The zero-order valence-corrected chi connectivity index (χ0v) is 10.3. The van der Waals surface area contributed by atoms with E-state index in [-0.39, 0.29) is 5.91 Å². The Morgan fingerprint density at radius 1 is 1.50 bits per heavy atom. The summed E-state index contributed by atoms with van der Waals surface area (Å²) in [5.41, 5.74) is 0.916. The normalized spacial score (nSPS) is 9.00. The van der Waals surface area contributed by atoms with E-state index in [9.17, 15) is 9.59 Å². The second kappa shape index (κ2) is 7.07. The topological polar surface area (TPSA) is 68.3 Å². The lowest BCUT2D eigenvalue weighted by Crippen LogP contribution is -2.20. The minimum atomic E-state index is -0.418. The molecule has 0 fully saturated rings. The molecular weight excluding hydrogens is 232 g/mol. The van der Waals surface area contributed by atoms with E-state index in [2.05, 4.69) is 26.9 Å². The van der Waals surface area contributed by atoms with Crippen LogP contribution in [0, 0.1) is 11.8 Å². The SMILES string of the molecule is COC(=O)c1ccnc(C#CCCNC(C)=O)c1. The quantitative estimate of drug-likeness (QED) is 0.485. The van der Waals surface area contributed by atoms with E-state index in [0.717, 1.165) is 0 Å². The predicted octanol–water partition coefficient (Wildman–Crippen LogP) is 0.746. The summed E-state index contributed by atoms with van der Waals surface area (Å²) >= 11 is 0. The second-order valence-corrected chi connectivity index (χ2v) is 3.46. The van der Waals surface area contributed by atoms with Crippen molar-refractivity contribution < 1.29 is 14.3 Å². The molecule has 1 aromatic heterocycles. The van der Waals surface area contributed by atoms with Gasteiger partial charge in [-0.15, -0.1) is 0 Å². The Balaban J connectivity index is 2.59. The van der Waals surface area contributed by atoms with Gasteiger partial charge in [0.05, 0.1) is 12.7 Å². The number of carbonyl (C=O) groups is 2. The van der Waals surface area contributed by atoms with Gasteiger partial charge in [0.25, 0.3) is 0 Å².